The molecule has 2 saturated carbocycles. The Morgan fingerprint density at radius 1 is 1.32 bits per heavy atom. The van der Waals surface area contributed by atoms with Crippen molar-refractivity contribution in [3.63, 3.8) is 0 Å². The molecule has 1 aromatic carbocycles. The molecular formula is C19H27NO2. The van der Waals surface area contributed by atoms with Crippen molar-refractivity contribution in [3.05, 3.63) is 35.4 Å². The van der Waals surface area contributed by atoms with E-state index >= 15 is 0 Å². The van der Waals surface area contributed by atoms with Gasteiger partial charge in [0.15, 0.2) is 0 Å². The number of aryl methyl sites for hydroxylation is 1. The molecule has 3 atom stereocenters. The highest BCUT2D eigenvalue weighted by atomic mass is 16.3. The van der Waals surface area contributed by atoms with Gasteiger partial charge in [0.25, 0.3) is 5.91 Å². The predicted octanol–water partition coefficient (Wildman–Crippen LogP) is 3.31. The van der Waals surface area contributed by atoms with Crippen molar-refractivity contribution in [2.75, 3.05) is 0 Å². The van der Waals surface area contributed by atoms with Crippen LogP contribution in [-0.4, -0.2) is 22.7 Å². The lowest BCUT2D eigenvalue weighted by atomic mass is 9.94. The Hall–Kier alpha value is -1.35. The fraction of sp³-hybridized carbons (Fsp3) is 0.632. The normalized spacial score (nSPS) is 27.1. The summed E-state index contributed by atoms with van der Waals surface area (Å²) in [7, 11) is 0. The number of hydrogen-bond acceptors (Lipinski definition) is 2. The molecule has 0 aliphatic heterocycles. The van der Waals surface area contributed by atoms with Gasteiger partial charge in [-0.05, 0) is 75.5 Å². The molecule has 120 valence electrons. The first kappa shape index (κ1) is 15.5. The Bertz CT molecular complexity index is 547. The van der Waals surface area contributed by atoms with Crippen LogP contribution in [-0.2, 0) is 6.42 Å². The van der Waals surface area contributed by atoms with E-state index in [1.54, 1.807) is 0 Å². The fourth-order valence-corrected chi connectivity index (χ4v) is 3.99. The summed E-state index contributed by atoms with van der Waals surface area (Å²) in [5.41, 5.74) is 1.19. The minimum Gasteiger partial charge on any atom is -0.390 e. The van der Waals surface area contributed by atoms with E-state index in [-0.39, 0.29) is 5.91 Å². The van der Waals surface area contributed by atoms with Crippen LogP contribution in [0.3, 0.4) is 0 Å². The van der Waals surface area contributed by atoms with Crippen LogP contribution in [0.1, 0.15) is 61.9 Å². The minimum atomic E-state index is -0.665. The fourth-order valence-electron chi connectivity index (χ4n) is 3.99. The van der Waals surface area contributed by atoms with Crippen LogP contribution in [0.5, 0.6) is 0 Å². The molecule has 2 bridgehead atoms. The van der Waals surface area contributed by atoms with Gasteiger partial charge in [0.05, 0.1) is 5.60 Å². The molecule has 22 heavy (non-hydrogen) atoms. The van der Waals surface area contributed by atoms with Crippen molar-refractivity contribution < 1.29 is 9.90 Å². The van der Waals surface area contributed by atoms with Crippen LogP contribution < -0.4 is 5.32 Å². The molecule has 1 aromatic rings. The number of carbonyl (C=O) groups is 1. The highest BCUT2D eigenvalue weighted by Crippen LogP contribution is 2.44. The third kappa shape index (κ3) is 3.70. The van der Waals surface area contributed by atoms with Crippen LogP contribution in [0.25, 0.3) is 0 Å². The molecule has 0 saturated heterocycles. The molecule has 0 radical (unpaired) electrons. The van der Waals surface area contributed by atoms with E-state index < -0.39 is 5.60 Å². The van der Waals surface area contributed by atoms with Gasteiger partial charge >= 0.3 is 0 Å². The number of amides is 1. The molecule has 1 amide bonds. The van der Waals surface area contributed by atoms with E-state index in [1.165, 1.54) is 19.3 Å². The Labute approximate surface area is 133 Å². The number of benzene rings is 1. The van der Waals surface area contributed by atoms with Gasteiger partial charge in [0.1, 0.15) is 0 Å². The van der Waals surface area contributed by atoms with Crippen molar-refractivity contribution in [2.45, 2.75) is 64.0 Å². The number of fused-ring (bicyclic) bond motifs is 2. The van der Waals surface area contributed by atoms with Gasteiger partial charge in [-0.2, -0.15) is 0 Å². The molecule has 0 spiro atoms. The maximum absolute atomic E-state index is 12.5. The van der Waals surface area contributed by atoms with Gasteiger partial charge in [0, 0.05) is 11.6 Å². The Balaban J connectivity index is 1.60. The monoisotopic (exact) mass is 301 g/mol. The van der Waals surface area contributed by atoms with E-state index in [4.69, 9.17) is 0 Å². The first-order valence-corrected chi connectivity index (χ1v) is 8.53. The predicted molar refractivity (Wildman–Crippen MR) is 87.8 cm³/mol. The third-order valence-electron chi connectivity index (χ3n) is 5.27. The summed E-state index contributed by atoms with van der Waals surface area (Å²) < 4.78 is 0. The molecule has 3 nitrogen and oxygen atoms in total. The Kier molecular flexibility index (Phi) is 4.26. The van der Waals surface area contributed by atoms with Crippen molar-refractivity contribution in [2.24, 2.45) is 11.8 Å². The van der Waals surface area contributed by atoms with Gasteiger partial charge in [-0.25, -0.2) is 0 Å². The molecule has 0 aromatic heterocycles. The summed E-state index contributed by atoms with van der Waals surface area (Å²) in [5.74, 6) is 1.60. The van der Waals surface area contributed by atoms with E-state index in [2.05, 4.69) is 5.32 Å². The maximum Gasteiger partial charge on any atom is 0.251 e. The van der Waals surface area contributed by atoms with Gasteiger partial charge in [0.2, 0.25) is 0 Å². The average Bonchev–Trinajstić information content (AvgIpc) is 3.07. The smallest absolute Gasteiger partial charge is 0.251 e. The minimum absolute atomic E-state index is 0.0580. The zero-order chi connectivity index (χ0) is 15.7. The van der Waals surface area contributed by atoms with Crippen molar-refractivity contribution >= 4 is 5.91 Å². The number of hydrogen-bond donors (Lipinski definition) is 2. The van der Waals surface area contributed by atoms with E-state index in [9.17, 15) is 9.90 Å². The SMILES string of the molecule is CC(C)(O)CCc1cccc(C(=O)N[C@@H]2C[C@@H]3CC[C@H]2C3)c1. The second kappa shape index (κ2) is 6.04. The maximum atomic E-state index is 12.5. The zero-order valence-corrected chi connectivity index (χ0v) is 13.6. The summed E-state index contributed by atoms with van der Waals surface area (Å²) in [6, 6.07) is 8.20. The van der Waals surface area contributed by atoms with Crippen LogP contribution >= 0.6 is 0 Å². The van der Waals surface area contributed by atoms with Gasteiger partial charge in [-0.1, -0.05) is 18.6 Å². The first-order valence-electron chi connectivity index (χ1n) is 8.53. The van der Waals surface area contributed by atoms with E-state index in [0.717, 1.165) is 29.9 Å². The topological polar surface area (TPSA) is 49.3 Å². The van der Waals surface area contributed by atoms with Crippen LogP contribution in [0, 0.1) is 11.8 Å². The lowest BCUT2D eigenvalue weighted by molar-refractivity contribution is 0.0714. The van der Waals surface area contributed by atoms with Gasteiger partial charge < -0.3 is 10.4 Å². The highest BCUT2D eigenvalue weighted by Gasteiger charge is 2.40. The van der Waals surface area contributed by atoms with Crippen LogP contribution in [0.4, 0.5) is 0 Å². The zero-order valence-electron chi connectivity index (χ0n) is 13.6. The molecule has 0 heterocycles. The van der Waals surface area contributed by atoms with E-state index in [0.29, 0.717) is 18.4 Å². The first-order chi connectivity index (χ1) is 10.4. The highest BCUT2D eigenvalue weighted by molar-refractivity contribution is 5.94. The van der Waals surface area contributed by atoms with Gasteiger partial charge in [-0.3, -0.25) is 4.79 Å². The summed E-state index contributed by atoms with van der Waals surface area (Å²) in [6.07, 6.45) is 6.58. The lowest BCUT2D eigenvalue weighted by Crippen LogP contribution is -2.38. The molecule has 0 unspecified atom stereocenters. The molecular weight excluding hydrogens is 274 g/mol. The summed E-state index contributed by atoms with van der Waals surface area (Å²) in [4.78, 5) is 12.5. The molecule has 3 heteroatoms. The standard InChI is InChI=1S/C19H27NO2/c1-19(2,22)9-8-13-4-3-5-16(10-13)18(21)20-17-12-14-6-7-15(17)11-14/h3-5,10,14-15,17,22H,6-9,11-12H2,1-2H3,(H,20,21)/t14-,15+,17-/m1/s1. The lowest BCUT2D eigenvalue weighted by Gasteiger charge is -2.23. The number of aliphatic hydroxyl groups is 1. The molecule has 2 N–H and O–H groups in total. The summed E-state index contributed by atoms with van der Waals surface area (Å²) in [5, 5.41) is 13.1. The molecule has 2 aliphatic carbocycles. The number of nitrogens with one attached hydrogen (secondary N) is 1. The van der Waals surface area contributed by atoms with Crippen molar-refractivity contribution in [1.82, 2.24) is 5.32 Å². The van der Waals surface area contributed by atoms with Gasteiger partial charge in [-0.15, -0.1) is 0 Å². The third-order valence-corrected chi connectivity index (χ3v) is 5.27. The van der Waals surface area contributed by atoms with Crippen molar-refractivity contribution in [1.29, 1.82) is 0 Å². The number of carbonyl (C=O) groups excluding carboxylic acids is 1. The average molecular weight is 301 g/mol. The van der Waals surface area contributed by atoms with Crippen LogP contribution in [0.15, 0.2) is 24.3 Å². The molecule has 2 fully saturated rings. The quantitative estimate of drug-likeness (QED) is 0.876. The molecule has 2 aliphatic rings. The second-order valence-corrected chi connectivity index (χ2v) is 7.77. The second-order valence-electron chi connectivity index (χ2n) is 7.77. The van der Waals surface area contributed by atoms with Crippen molar-refractivity contribution in [3.8, 4) is 0 Å². The Morgan fingerprint density at radius 3 is 2.77 bits per heavy atom. The summed E-state index contributed by atoms with van der Waals surface area (Å²) in [6.45, 7) is 3.64. The Morgan fingerprint density at radius 2 is 2.14 bits per heavy atom. The largest absolute Gasteiger partial charge is 0.390 e. The van der Waals surface area contributed by atoms with Crippen LogP contribution in [0.2, 0.25) is 0 Å². The van der Waals surface area contributed by atoms with E-state index in [1.807, 2.05) is 38.1 Å². The molecule has 3 rings (SSSR count). The summed E-state index contributed by atoms with van der Waals surface area (Å²) >= 11 is 0. The number of rotatable bonds is 5.